The smallest absolute Gasteiger partial charge is 0.323 e. The largest absolute Gasteiger partial charge is 0.480 e. The molecule has 0 atom stereocenters. The summed E-state index contributed by atoms with van der Waals surface area (Å²) >= 11 is 13.1. The van der Waals surface area contributed by atoms with E-state index in [0.717, 1.165) is 0 Å². The average Bonchev–Trinajstić information content (AvgIpc) is 2.72. The first-order valence-electron chi connectivity index (χ1n) is 11.8. The number of hydrogen-bond acceptors (Lipinski definition) is 5. The maximum absolute atomic E-state index is 13.7. The predicted molar refractivity (Wildman–Crippen MR) is 138 cm³/mol. The minimum absolute atomic E-state index is 0.0158. The fourth-order valence-corrected chi connectivity index (χ4v) is 6.32. The normalized spacial score (nSPS) is 21.2. The van der Waals surface area contributed by atoms with E-state index in [2.05, 4.69) is 5.92 Å². The van der Waals surface area contributed by atoms with Gasteiger partial charge in [-0.3, -0.25) is 14.4 Å². The zero-order valence-corrected chi connectivity index (χ0v) is 22.3. The van der Waals surface area contributed by atoms with Gasteiger partial charge >= 0.3 is 5.97 Å². The maximum Gasteiger partial charge on any atom is 0.323 e. The Morgan fingerprint density at radius 2 is 1.50 bits per heavy atom. The predicted octanol–water partition coefficient (Wildman–Crippen LogP) is 5.78. The Labute approximate surface area is 221 Å². The molecule has 0 unspecified atom stereocenters. The van der Waals surface area contributed by atoms with Crippen LogP contribution in [0.5, 0.6) is 5.75 Å². The number of carboxylic acid groups (broad SMARTS) is 1. The van der Waals surface area contributed by atoms with Crippen LogP contribution >= 0.6 is 23.2 Å². The number of ketones is 2. The van der Waals surface area contributed by atoms with Crippen molar-refractivity contribution < 1.29 is 24.2 Å². The molecule has 0 saturated heterocycles. The summed E-state index contributed by atoms with van der Waals surface area (Å²) in [5.41, 5.74) is 2.10. The van der Waals surface area contributed by atoms with E-state index in [9.17, 15) is 19.5 Å². The highest BCUT2D eigenvalue weighted by molar-refractivity contribution is 6.37. The number of carbonyl (C=O) groups excluding carboxylic acids is 2. The number of ether oxygens (including phenoxy) is 1. The summed E-state index contributed by atoms with van der Waals surface area (Å²) in [6.45, 7) is 7.64. The van der Waals surface area contributed by atoms with Crippen molar-refractivity contribution in [2.24, 2.45) is 10.8 Å². The van der Waals surface area contributed by atoms with Crippen LogP contribution in [0.25, 0.3) is 0 Å². The zero-order chi connectivity index (χ0) is 26.6. The van der Waals surface area contributed by atoms with Crippen LogP contribution in [-0.2, 0) is 14.4 Å². The molecule has 0 aromatic heterocycles. The Morgan fingerprint density at radius 3 is 1.92 bits per heavy atom. The third-order valence-corrected chi connectivity index (χ3v) is 7.53. The number of hydrogen-bond donors (Lipinski definition) is 1. The topological polar surface area (TPSA) is 83.9 Å². The molecule has 0 saturated carbocycles. The summed E-state index contributed by atoms with van der Waals surface area (Å²) < 4.78 is 5.50. The number of halogens is 2. The molecule has 0 fully saturated rings. The third-order valence-electron chi connectivity index (χ3n) is 6.97. The van der Waals surface area contributed by atoms with Crippen molar-refractivity contribution in [2.75, 3.05) is 13.2 Å². The van der Waals surface area contributed by atoms with Crippen LogP contribution in [0.2, 0.25) is 10.0 Å². The minimum atomic E-state index is -1.03. The third kappa shape index (κ3) is 4.79. The van der Waals surface area contributed by atoms with E-state index in [1.165, 1.54) is 0 Å². The van der Waals surface area contributed by atoms with E-state index >= 15 is 0 Å². The zero-order valence-electron chi connectivity index (χ0n) is 20.8. The molecule has 1 N–H and O–H groups in total. The van der Waals surface area contributed by atoms with Gasteiger partial charge < -0.3 is 14.7 Å². The number of allylic oxidation sites excluding steroid dienone is 4. The molecule has 36 heavy (non-hydrogen) atoms. The number of aliphatic carboxylic acids is 1. The Morgan fingerprint density at radius 1 is 1.03 bits per heavy atom. The molecule has 0 spiro atoms. The van der Waals surface area contributed by atoms with Crippen molar-refractivity contribution in [1.29, 1.82) is 0 Å². The summed E-state index contributed by atoms with van der Waals surface area (Å²) in [6.07, 6.45) is 6.89. The molecule has 4 rings (SSSR count). The first-order valence-corrected chi connectivity index (χ1v) is 12.6. The second kappa shape index (κ2) is 9.28. The quantitative estimate of drug-likeness (QED) is 0.487. The van der Waals surface area contributed by atoms with Crippen molar-refractivity contribution in [3.63, 3.8) is 0 Å². The maximum atomic E-state index is 13.7. The van der Waals surface area contributed by atoms with Gasteiger partial charge in [0.25, 0.3) is 0 Å². The molecule has 8 heteroatoms. The first kappa shape index (κ1) is 26.3. The second-order valence-electron chi connectivity index (χ2n) is 11.3. The van der Waals surface area contributed by atoms with Gasteiger partial charge in [0.1, 0.15) is 13.2 Å². The van der Waals surface area contributed by atoms with Crippen molar-refractivity contribution >= 4 is 40.7 Å². The standard InChI is InChI=1S/C28H29Cl2NO5/c1-6-7-36-26-16(29)8-15(9-17(26)30)23-24-18(10-27(2,3)12-20(24)32)31(14-22(34)35)19-11-28(4,5)13-21(33)25(19)23/h1,8-9,23H,7,10-14H2,2-5H3,(H,34,35). The number of nitrogens with zero attached hydrogens (tertiary/aromatic N) is 1. The molecule has 1 aromatic carbocycles. The Balaban J connectivity index is 1.99. The van der Waals surface area contributed by atoms with Gasteiger partial charge in [0.2, 0.25) is 0 Å². The lowest BCUT2D eigenvalue weighted by atomic mass is 9.63. The van der Waals surface area contributed by atoms with E-state index in [1.54, 1.807) is 17.0 Å². The molecule has 0 radical (unpaired) electrons. The van der Waals surface area contributed by atoms with E-state index in [0.29, 0.717) is 40.9 Å². The molecule has 1 aliphatic heterocycles. The lowest BCUT2D eigenvalue weighted by molar-refractivity contribution is -0.138. The van der Waals surface area contributed by atoms with Gasteiger partial charge in [-0.1, -0.05) is 56.8 Å². The van der Waals surface area contributed by atoms with Gasteiger partial charge in [0, 0.05) is 41.3 Å². The van der Waals surface area contributed by atoms with Gasteiger partial charge in [0.05, 0.1) is 10.0 Å². The van der Waals surface area contributed by atoms with Crippen molar-refractivity contribution in [3.8, 4) is 18.1 Å². The summed E-state index contributed by atoms with van der Waals surface area (Å²) in [4.78, 5) is 41.0. The summed E-state index contributed by atoms with van der Waals surface area (Å²) in [7, 11) is 0. The summed E-state index contributed by atoms with van der Waals surface area (Å²) in [5, 5.41) is 10.2. The molecule has 1 heterocycles. The summed E-state index contributed by atoms with van der Waals surface area (Å²) in [5.74, 6) is 0.678. The molecule has 3 aliphatic rings. The number of benzene rings is 1. The van der Waals surface area contributed by atoms with Crippen molar-refractivity contribution in [1.82, 2.24) is 4.90 Å². The highest BCUT2D eigenvalue weighted by atomic mass is 35.5. The van der Waals surface area contributed by atoms with Crippen LogP contribution in [0.3, 0.4) is 0 Å². The number of terminal acetylenes is 1. The molecule has 2 aliphatic carbocycles. The van der Waals surface area contributed by atoms with Gasteiger partial charge in [-0.05, 0) is 41.4 Å². The Hall–Kier alpha value is -2.75. The number of rotatable bonds is 5. The molecule has 6 nitrogen and oxygen atoms in total. The van der Waals surface area contributed by atoms with Gasteiger partial charge in [-0.25, -0.2) is 0 Å². The van der Waals surface area contributed by atoms with E-state index in [4.69, 9.17) is 34.4 Å². The molecule has 1 aromatic rings. The SMILES string of the molecule is C#CCOc1c(Cl)cc(C2C3=C(CC(C)(C)CC3=O)N(CC(=O)O)C3=C2C(=O)CC(C)(C)C3)cc1Cl. The van der Waals surface area contributed by atoms with Crippen LogP contribution in [0.1, 0.15) is 64.9 Å². The monoisotopic (exact) mass is 529 g/mol. The highest BCUT2D eigenvalue weighted by Gasteiger charge is 2.49. The molecular weight excluding hydrogens is 501 g/mol. The van der Waals surface area contributed by atoms with Crippen LogP contribution in [0.15, 0.2) is 34.7 Å². The summed E-state index contributed by atoms with van der Waals surface area (Å²) in [6, 6.07) is 3.32. The lowest BCUT2D eigenvalue weighted by Crippen LogP contribution is -2.45. The molecule has 0 bridgehead atoms. The number of Topliss-reactive ketones (excluding diaryl/α,β-unsaturated/α-hetero) is 2. The van der Waals surface area contributed by atoms with Crippen molar-refractivity contribution in [2.45, 2.75) is 59.3 Å². The highest BCUT2D eigenvalue weighted by Crippen LogP contribution is 2.55. The Kier molecular flexibility index (Phi) is 6.79. The van der Waals surface area contributed by atoms with Crippen LogP contribution < -0.4 is 4.74 Å². The fraction of sp³-hybridized carbons (Fsp3) is 0.464. The van der Waals surface area contributed by atoms with Crippen LogP contribution in [-0.4, -0.2) is 40.7 Å². The second-order valence-corrected chi connectivity index (χ2v) is 12.1. The van der Waals surface area contributed by atoms with E-state index in [1.807, 2.05) is 27.7 Å². The van der Waals surface area contributed by atoms with Gasteiger partial charge in [-0.2, -0.15) is 0 Å². The van der Waals surface area contributed by atoms with Crippen LogP contribution in [0.4, 0.5) is 0 Å². The molecular formula is C28H29Cl2NO5. The molecule has 0 amide bonds. The van der Waals surface area contributed by atoms with Crippen LogP contribution in [0, 0.1) is 23.2 Å². The van der Waals surface area contributed by atoms with E-state index < -0.39 is 11.9 Å². The van der Waals surface area contributed by atoms with E-state index in [-0.39, 0.29) is 64.2 Å². The lowest BCUT2D eigenvalue weighted by Gasteiger charge is -2.48. The molecule has 190 valence electrons. The minimum Gasteiger partial charge on any atom is -0.480 e. The number of carboxylic acids is 1. The Bertz CT molecular complexity index is 1200. The van der Waals surface area contributed by atoms with Gasteiger partial charge in [-0.15, -0.1) is 6.42 Å². The fourth-order valence-electron chi connectivity index (χ4n) is 5.71. The average molecular weight is 530 g/mol. The van der Waals surface area contributed by atoms with Crippen molar-refractivity contribution in [3.05, 3.63) is 50.3 Å². The number of carbonyl (C=O) groups is 3. The van der Waals surface area contributed by atoms with Gasteiger partial charge in [0.15, 0.2) is 17.3 Å². The first-order chi connectivity index (χ1) is 16.7.